The predicted molar refractivity (Wildman–Crippen MR) is 132 cm³/mol. The van der Waals surface area contributed by atoms with Crippen molar-refractivity contribution in [2.75, 3.05) is 37.6 Å². The summed E-state index contributed by atoms with van der Waals surface area (Å²) in [5, 5.41) is 9.53. The van der Waals surface area contributed by atoms with Crippen LogP contribution in [0.2, 0.25) is 0 Å². The molecule has 1 atom stereocenters. The van der Waals surface area contributed by atoms with Crippen molar-refractivity contribution in [3.8, 4) is 0 Å². The highest BCUT2D eigenvalue weighted by atomic mass is 127. The van der Waals surface area contributed by atoms with Crippen LogP contribution in [-0.4, -0.2) is 44.6 Å². The number of hydrogen-bond donors (Lipinski definition) is 3. The van der Waals surface area contributed by atoms with Crippen molar-refractivity contribution >= 4 is 41.5 Å². The molecule has 0 saturated carbocycles. The van der Waals surface area contributed by atoms with Gasteiger partial charge >= 0.3 is 0 Å². The molecule has 1 aromatic carbocycles. The van der Waals surface area contributed by atoms with E-state index in [0.29, 0.717) is 18.8 Å². The van der Waals surface area contributed by atoms with Crippen molar-refractivity contribution in [3.63, 3.8) is 0 Å². The van der Waals surface area contributed by atoms with Crippen LogP contribution in [0, 0.1) is 0 Å². The van der Waals surface area contributed by atoms with Crippen LogP contribution in [0.1, 0.15) is 48.8 Å². The Balaban J connectivity index is 0.00000320. The van der Waals surface area contributed by atoms with E-state index >= 15 is 0 Å². The van der Waals surface area contributed by atoms with Gasteiger partial charge in [-0.3, -0.25) is 9.79 Å². The summed E-state index contributed by atoms with van der Waals surface area (Å²) in [5.41, 5.74) is 2.52. The van der Waals surface area contributed by atoms with Crippen LogP contribution in [0.25, 0.3) is 0 Å². The number of carbonyl (C=O) groups is 1. The Hall–Kier alpha value is -2.23. The molecule has 1 amide bonds. The summed E-state index contributed by atoms with van der Waals surface area (Å²) in [5.74, 6) is 0.819. The Morgan fingerprint density at radius 2 is 2.00 bits per heavy atom. The molecule has 3 N–H and O–H groups in total. The zero-order valence-electron chi connectivity index (χ0n) is 17.7. The summed E-state index contributed by atoms with van der Waals surface area (Å²) in [4.78, 5) is 18.9. The summed E-state index contributed by atoms with van der Waals surface area (Å²) < 4.78 is 5.08. The van der Waals surface area contributed by atoms with E-state index in [1.54, 1.807) is 12.1 Å². The van der Waals surface area contributed by atoms with Gasteiger partial charge in [-0.05, 0) is 56.5 Å². The highest BCUT2D eigenvalue weighted by Gasteiger charge is 2.14. The zero-order chi connectivity index (χ0) is 20.5. The average Bonchev–Trinajstić information content (AvgIpc) is 3.45. The highest BCUT2D eigenvalue weighted by molar-refractivity contribution is 14.0. The lowest BCUT2D eigenvalue weighted by Gasteiger charge is -2.22. The second-order valence-electron chi connectivity index (χ2n) is 7.15. The number of carbonyl (C=O) groups excluding carboxylic acids is 1. The van der Waals surface area contributed by atoms with Crippen molar-refractivity contribution in [1.82, 2.24) is 16.0 Å². The van der Waals surface area contributed by atoms with Crippen LogP contribution in [0.15, 0.2) is 52.1 Å². The normalized spacial score (nSPS) is 14.7. The lowest BCUT2D eigenvalue weighted by molar-refractivity contribution is 0.0927. The molecule has 3 rings (SSSR count). The molecule has 1 aromatic heterocycles. The first kappa shape index (κ1) is 24.0. The van der Waals surface area contributed by atoms with E-state index in [4.69, 9.17) is 4.42 Å². The number of anilines is 1. The fraction of sp³-hybridized carbons (Fsp3) is 0.455. The largest absolute Gasteiger partial charge is 0.459 e. The minimum Gasteiger partial charge on any atom is -0.459 e. The number of aliphatic imine (C=N–C) groups is 1. The van der Waals surface area contributed by atoms with Crippen molar-refractivity contribution in [3.05, 3.63) is 54.0 Å². The van der Waals surface area contributed by atoms with Gasteiger partial charge in [0.15, 0.2) is 11.7 Å². The molecular formula is C22H32IN5O2. The molecule has 2 heterocycles. The van der Waals surface area contributed by atoms with E-state index in [-0.39, 0.29) is 35.9 Å². The number of furan rings is 1. The first-order valence-electron chi connectivity index (χ1n) is 10.4. The Morgan fingerprint density at radius 3 is 2.70 bits per heavy atom. The maximum absolute atomic E-state index is 11.9. The van der Waals surface area contributed by atoms with E-state index in [0.717, 1.165) is 25.6 Å². The van der Waals surface area contributed by atoms with Gasteiger partial charge in [0.2, 0.25) is 0 Å². The molecule has 164 valence electrons. The highest BCUT2D eigenvalue weighted by Crippen LogP contribution is 2.23. The molecule has 0 bridgehead atoms. The van der Waals surface area contributed by atoms with E-state index in [2.05, 4.69) is 57.0 Å². The molecule has 8 heteroatoms. The van der Waals surface area contributed by atoms with E-state index in [9.17, 15) is 4.79 Å². The van der Waals surface area contributed by atoms with Gasteiger partial charge in [-0.2, -0.15) is 0 Å². The zero-order valence-corrected chi connectivity index (χ0v) is 20.0. The smallest absolute Gasteiger partial charge is 0.287 e. The van der Waals surface area contributed by atoms with Gasteiger partial charge in [-0.15, -0.1) is 24.0 Å². The van der Waals surface area contributed by atoms with Gasteiger partial charge in [0, 0.05) is 31.9 Å². The van der Waals surface area contributed by atoms with Gasteiger partial charge in [0.1, 0.15) is 0 Å². The van der Waals surface area contributed by atoms with Crippen molar-refractivity contribution in [1.29, 1.82) is 0 Å². The quantitative estimate of drug-likeness (QED) is 0.213. The second kappa shape index (κ2) is 12.5. The fourth-order valence-corrected chi connectivity index (χ4v) is 3.41. The molecule has 0 radical (unpaired) electrons. The van der Waals surface area contributed by atoms with Crippen molar-refractivity contribution in [2.45, 2.75) is 32.7 Å². The van der Waals surface area contributed by atoms with Crippen LogP contribution in [0.3, 0.4) is 0 Å². The van der Waals surface area contributed by atoms with Gasteiger partial charge in [-0.1, -0.05) is 12.1 Å². The number of benzene rings is 1. The molecule has 0 aliphatic carbocycles. The lowest BCUT2D eigenvalue weighted by Crippen LogP contribution is -2.39. The first-order valence-corrected chi connectivity index (χ1v) is 10.4. The maximum Gasteiger partial charge on any atom is 0.287 e. The Labute approximate surface area is 195 Å². The molecule has 1 saturated heterocycles. The molecular weight excluding hydrogens is 493 g/mol. The number of halogens is 1. The summed E-state index contributed by atoms with van der Waals surface area (Å²) in [6.45, 7) is 8.13. The average molecular weight is 525 g/mol. The summed E-state index contributed by atoms with van der Waals surface area (Å²) >= 11 is 0. The molecule has 7 nitrogen and oxygen atoms in total. The minimum atomic E-state index is -0.227. The third kappa shape index (κ3) is 6.93. The molecule has 30 heavy (non-hydrogen) atoms. The fourth-order valence-electron chi connectivity index (χ4n) is 3.41. The maximum atomic E-state index is 11.9. The number of rotatable bonds is 8. The Morgan fingerprint density at radius 1 is 1.20 bits per heavy atom. The third-order valence-electron chi connectivity index (χ3n) is 4.95. The number of amides is 1. The van der Waals surface area contributed by atoms with Crippen molar-refractivity contribution in [2.24, 2.45) is 4.99 Å². The topological polar surface area (TPSA) is 81.9 Å². The lowest BCUT2D eigenvalue weighted by atomic mass is 10.1. The molecule has 1 fully saturated rings. The van der Waals surface area contributed by atoms with E-state index < -0.39 is 0 Å². The molecule has 0 spiro atoms. The number of guanidine groups is 1. The van der Waals surface area contributed by atoms with Gasteiger partial charge in [-0.25, -0.2) is 0 Å². The van der Waals surface area contributed by atoms with Crippen molar-refractivity contribution < 1.29 is 9.21 Å². The van der Waals surface area contributed by atoms with Crippen LogP contribution < -0.4 is 20.9 Å². The number of nitrogens with zero attached hydrogens (tertiary/aromatic N) is 2. The van der Waals surface area contributed by atoms with Crippen LogP contribution in [0.4, 0.5) is 5.69 Å². The SMILES string of the molecule is CCNC(=NCCNC(=O)c1ccco1)NC(C)c1cccc(N2CCCC2)c1.I. The second-order valence-corrected chi connectivity index (χ2v) is 7.15. The van der Waals surface area contributed by atoms with Gasteiger partial charge in [0.25, 0.3) is 5.91 Å². The monoisotopic (exact) mass is 525 g/mol. The third-order valence-corrected chi connectivity index (χ3v) is 4.95. The molecule has 2 aromatic rings. The van der Waals surface area contributed by atoms with E-state index in [1.165, 1.54) is 30.4 Å². The van der Waals surface area contributed by atoms with Gasteiger partial charge < -0.3 is 25.3 Å². The van der Waals surface area contributed by atoms with Crippen LogP contribution >= 0.6 is 24.0 Å². The Bertz CT molecular complexity index is 804. The predicted octanol–water partition coefficient (Wildman–Crippen LogP) is 3.54. The van der Waals surface area contributed by atoms with Crippen LogP contribution in [0.5, 0.6) is 0 Å². The van der Waals surface area contributed by atoms with Crippen LogP contribution in [-0.2, 0) is 0 Å². The number of hydrogen-bond acceptors (Lipinski definition) is 4. The summed E-state index contributed by atoms with van der Waals surface area (Å²) in [7, 11) is 0. The summed E-state index contributed by atoms with van der Waals surface area (Å²) in [6, 6.07) is 12.2. The molecule has 1 unspecified atom stereocenters. The van der Waals surface area contributed by atoms with E-state index in [1.807, 2.05) is 6.92 Å². The minimum absolute atomic E-state index is 0. The standard InChI is InChI=1S/C22H31N5O2.HI/c1-3-23-22(25-12-11-24-21(28)20-10-7-15-29-20)26-17(2)18-8-6-9-19(16-18)27-13-4-5-14-27;/h6-10,15-17H,3-5,11-14H2,1-2H3,(H,24,28)(H2,23,25,26);1H. The Kier molecular flexibility index (Phi) is 9.99. The van der Waals surface area contributed by atoms with Gasteiger partial charge in [0.05, 0.1) is 18.8 Å². The number of nitrogens with one attached hydrogen (secondary N) is 3. The first-order chi connectivity index (χ1) is 14.2. The molecule has 1 aliphatic rings. The summed E-state index contributed by atoms with van der Waals surface area (Å²) in [6.07, 6.45) is 4.03. The molecule has 1 aliphatic heterocycles.